The van der Waals surface area contributed by atoms with Crippen LogP contribution in [0.2, 0.25) is 0 Å². The summed E-state index contributed by atoms with van der Waals surface area (Å²) in [7, 11) is 1.42. The van der Waals surface area contributed by atoms with Gasteiger partial charge in [-0.05, 0) is 56.8 Å². The zero-order valence-corrected chi connectivity index (χ0v) is 16.9. The minimum Gasteiger partial charge on any atom is -0.469 e. The zero-order chi connectivity index (χ0) is 18.7. The number of allylic oxidation sites excluding steroid dienone is 2. The molecule has 25 heavy (non-hydrogen) atoms. The molecule has 1 saturated heterocycles. The van der Waals surface area contributed by atoms with Crippen molar-refractivity contribution in [3.8, 4) is 0 Å². The van der Waals surface area contributed by atoms with Crippen LogP contribution in [0.15, 0.2) is 12.2 Å². The summed E-state index contributed by atoms with van der Waals surface area (Å²) in [6.45, 7) is 8.76. The van der Waals surface area contributed by atoms with Gasteiger partial charge < -0.3 is 4.74 Å². The maximum Gasteiger partial charge on any atom is 0.308 e. The highest BCUT2D eigenvalue weighted by molar-refractivity contribution is 5.69. The van der Waals surface area contributed by atoms with Crippen LogP contribution >= 0.6 is 0 Å². The van der Waals surface area contributed by atoms with Crippen LogP contribution in [0.5, 0.6) is 0 Å². The summed E-state index contributed by atoms with van der Waals surface area (Å²) in [5.74, 6) is 0.770. The van der Waals surface area contributed by atoms with Gasteiger partial charge in [-0.1, -0.05) is 46.3 Å². The van der Waals surface area contributed by atoms with Crippen LogP contribution in [0.25, 0.3) is 0 Å². The van der Waals surface area contributed by atoms with Crippen LogP contribution in [0.3, 0.4) is 0 Å². The summed E-state index contributed by atoms with van der Waals surface area (Å²) >= 11 is 0. The lowest BCUT2D eigenvalue weighted by Gasteiger charge is -2.42. The molecule has 0 spiro atoms. The highest BCUT2D eigenvalue weighted by Gasteiger charge is 2.42. The summed E-state index contributed by atoms with van der Waals surface area (Å²) < 4.78 is 4.78. The van der Waals surface area contributed by atoms with Crippen molar-refractivity contribution >= 4 is 5.97 Å². The number of carbonyl (C=O) groups is 1. The Morgan fingerprint density at radius 2 is 2.08 bits per heavy atom. The monoisotopic (exact) mass is 354 g/mol. The molecule has 1 aliphatic heterocycles. The van der Waals surface area contributed by atoms with Crippen molar-refractivity contribution in [2.24, 2.45) is 11.8 Å². The smallest absolute Gasteiger partial charge is 0.308 e. The Labute approximate surface area is 154 Å². The van der Waals surface area contributed by atoms with E-state index in [1.54, 1.807) is 0 Å². The number of hydrogen-bond acceptors (Lipinski definition) is 4. The third-order valence-corrected chi connectivity index (χ3v) is 5.65. The van der Waals surface area contributed by atoms with Crippen molar-refractivity contribution in [3.05, 3.63) is 12.2 Å². The topological polar surface area (TPSA) is 44.8 Å². The first-order valence-corrected chi connectivity index (χ1v) is 10.1. The first kappa shape index (κ1) is 22.2. The standard InChI is InChI=1S/C21H38O4/c1-6-10-12-17(7-2)13-11-14-21(9-4)16-18(8-3)19(24-25-21)15-20(22)23-5/h10,12,17-19H,6-9,11,13-16H2,1-5H3/b12-10+/t17-,18-,19-,21-/m0/s1. The second-order valence-corrected chi connectivity index (χ2v) is 7.30. The highest BCUT2D eigenvalue weighted by Crippen LogP contribution is 2.40. The molecule has 0 saturated carbocycles. The van der Waals surface area contributed by atoms with Gasteiger partial charge in [-0.2, -0.15) is 0 Å². The van der Waals surface area contributed by atoms with Gasteiger partial charge in [-0.15, -0.1) is 0 Å². The third kappa shape index (κ3) is 7.10. The molecule has 0 aromatic rings. The fourth-order valence-corrected chi connectivity index (χ4v) is 3.72. The Balaban J connectivity index is 2.58. The van der Waals surface area contributed by atoms with Gasteiger partial charge >= 0.3 is 5.97 Å². The van der Waals surface area contributed by atoms with Crippen molar-refractivity contribution in [3.63, 3.8) is 0 Å². The fourth-order valence-electron chi connectivity index (χ4n) is 3.72. The Bertz CT molecular complexity index is 407. The van der Waals surface area contributed by atoms with Crippen molar-refractivity contribution in [2.45, 2.75) is 97.2 Å². The third-order valence-electron chi connectivity index (χ3n) is 5.65. The molecule has 0 N–H and O–H groups in total. The summed E-state index contributed by atoms with van der Waals surface area (Å²) in [5.41, 5.74) is -0.208. The number of rotatable bonds is 11. The molecule has 0 aliphatic carbocycles. The number of carbonyl (C=O) groups excluding carboxylic acids is 1. The van der Waals surface area contributed by atoms with Crippen molar-refractivity contribution in [2.75, 3.05) is 7.11 Å². The lowest BCUT2D eigenvalue weighted by molar-refractivity contribution is -0.423. The SMILES string of the molecule is CC/C=C/[C@H](CC)CCC[C@@]1(CC)C[C@H](CC)[C@H](CC(=O)OC)OO1. The van der Waals surface area contributed by atoms with Crippen LogP contribution in [0.4, 0.5) is 0 Å². The molecular formula is C21H38O4. The quantitative estimate of drug-likeness (QED) is 0.275. The Hall–Kier alpha value is -0.870. The van der Waals surface area contributed by atoms with Crippen LogP contribution in [-0.4, -0.2) is 24.8 Å². The lowest BCUT2D eigenvalue weighted by Crippen LogP contribution is -2.45. The molecule has 0 aromatic carbocycles. The first-order chi connectivity index (χ1) is 12.0. The van der Waals surface area contributed by atoms with Gasteiger partial charge in [0.2, 0.25) is 0 Å². The van der Waals surface area contributed by atoms with Crippen LogP contribution < -0.4 is 0 Å². The maximum atomic E-state index is 11.6. The molecule has 4 nitrogen and oxygen atoms in total. The number of hydrogen-bond donors (Lipinski definition) is 0. The van der Waals surface area contributed by atoms with E-state index >= 15 is 0 Å². The molecule has 0 unspecified atom stereocenters. The summed E-state index contributed by atoms with van der Waals surface area (Å²) in [5, 5.41) is 0. The van der Waals surface area contributed by atoms with Crippen molar-refractivity contribution < 1.29 is 19.3 Å². The highest BCUT2D eigenvalue weighted by atomic mass is 17.2. The average molecular weight is 355 g/mol. The molecular weight excluding hydrogens is 316 g/mol. The van der Waals surface area contributed by atoms with Crippen LogP contribution in [0, 0.1) is 11.8 Å². The Morgan fingerprint density at radius 1 is 1.32 bits per heavy atom. The number of methoxy groups -OCH3 is 1. The van der Waals surface area contributed by atoms with E-state index in [9.17, 15) is 4.79 Å². The summed E-state index contributed by atoms with van der Waals surface area (Å²) in [4.78, 5) is 23.1. The molecule has 0 radical (unpaired) electrons. The van der Waals surface area contributed by atoms with Crippen LogP contribution in [-0.2, 0) is 19.3 Å². The molecule has 1 rings (SSSR count). The van der Waals surface area contributed by atoms with E-state index in [1.165, 1.54) is 20.0 Å². The van der Waals surface area contributed by atoms with Crippen LogP contribution in [0.1, 0.15) is 85.5 Å². The average Bonchev–Trinajstić information content (AvgIpc) is 2.65. The van der Waals surface area contributed by atoms with Crippen molar-refractivity contribution in [1.82, 2.24) is 0 Å². The van der Waals surface area contributed by atoms with Gasteiger partial charge in [-0.25, -0.2) is 9.78 Å². The normalized spacial score (nSPS) is 28.2. The molecule has 1 heterocycles. The molecule has 1 fully saturated rings. The van der Waals surface area contributed by atoms with E-state index in [4.69, 9.17) is 14.5 Å². The minimum absolute atomic E-state index is 0.187. The van der Waals surface area contributed by atoms with E-state index in [0.717, 1.165) is 38.5 Å². The maximum absolute atomic E-state index is 11.6. The molecule has 4 atom stereocenters. The van der Waals surface area contributed by atoms with Gasteiger partial charge in [0.1, 0.15) is 11.7 Å². The van der Waals surface area contributed by atoms with Crippen molar-refractivity contribution in [1.29, 1.82) is 0 Å². The summed E-state index contributed by atoms with van der Waals surface area (Å²) in [6, 6.07) is 0. The molecule has 0 amide bonds. The summed E-state index contributed by atoms with van der Waals surface area (Å²) in [6.07, 6.45) is 13.2. The van der Waals surface area contributed by atoms with Gasteiger partial charge in [0.05, 0.1) is 13.5 Å². The predicted octanol–water partition coefficient (Wildman–Crippen LogP) is 5.61. The van der Waals surface area contributed by atoms with Gasteiger partial charge in [0.15, 0.2) is 0 Å². The lowest BCUT2D eigenvalue weighted by atomic mass is 9.79. The second kappa shape index (κ2) is 11.7. The van der Waals surface area contributed by atoms with E-state index in [1.807, 2.05) is 0 Å². The Kier molecular flexibility index (Phi) is 10.4. The largest absolute Gasteiger partial charge is 0.469 e. The number of esters is 1. The first-order valence-electron chi connectivity index (χ1n) is 10.1. The van der Waals surface area contributed by atoms with E-state index in [2.05, 4.69) is 39.8 Å². The van der Waals surface area contributed by atoms with Gasteiger partial charge in [0.25, 0.3) is 0 Å². The fraction of sp³-hybridized carbons (Fsp3) is 0.857. The molecule has 1 aliphatic rings. The Morgan fingerprint density at radius 3 is 2.64 bits per heavy atom. The van der Waals surface area contributed by atoms with E-state index in [0.29, 0.717) is 11.8 Å². The second-order valence-electron chi connectivity index (χ2n) is 7.30. The van der Waals surface area contributed by atoms with E-state index in [-0.39, 0.29) is 24.1 Å². The molecule has 0 aromatic heterocycles. The van der Waals surface area contributed by atoms with Gasteiger partial charge in [-0.3, -0.25) is 4.79 Å². The molecule has 0 bridgehead atoms. The van der Waals surface area contributed by atoms with E-state index < -0.39 is 0 Å². The predicted molar refractivity (Wildman–Crippen MR) is 101 cm³/mol. The zero-order valence-electron chi connectivity index (χ0n) is 16.9. The minimum atomic E-state index is -0.232. The molecule has 146 valence electrons. The molecule has 4 heteroatoms. The number of ether oxygens (including phenoxy) is 1. The van der Waals surface area contributed by atoms with Gasteiger partial charge in [0, 0.05) is 0 Å².